The molecule has 0 spiro atoms. The standard InChI is InChI=1S/C14H28N4/c1-10(8-7-9-11(2)15)12-16-13(14(3,4)5)17-18(12)6/h10-11H,7-9,15H2,1-6H3. The molecular weight excluding hydrogens is 224 g/mol. The monoisotopic (exact) mass is 252 g/mol. The summed E-state index contributed by atoms with van der Waals surface area (Å²) in [6.45, 7) is 10.7. The van der Waals surface area contributed by atoms with Crippen molar-refractivity contribution in [3.8, 4) is 0 Å². The van der Waals surface area contributed by atoms with E-state index < -0.39 is 0 Å². The third-order valence-electron chi connectivity index (χ3n) is 3.20. The van der Waals surface area contributed by atoms with E-state index >= 15 is 0 Å². The Kier molecular flexibility index (Phi) is 4.91. The molecule has 0 aliphatic heterocycles. The summed E-state index contributed by atoms with van der Waals surface area (Å²) < 4.78 is 1.93. The van der Waals surface area contributed by atoms with Gasteiger partial charge < -0.3 is 5.73 Å². The molecule has 4 heteroatoms. The molecule has 0 bridgehead atoms. The lowest BCUT2D eigenvalue weighted by Gasteiger charge is -2.12. The van der Waals surface area contributed by atoms with Crippen molar-refractivity contribution >= 4 is 0 Å². The fraction of sp³-hybridized carbons (Fsp3) is 0.857. The van der Waals surface area contributed by atoms with Crippen LogP contribution in [-0.4, -0.2) is 20.8 Å². The van der Waals surface area contributed by atoms with Gasteiger partial charge in [-0.2, -0.15) is 5.10 Å². The molecule has 104 valence electrons. The Bertz CT molecular complexity index is 374. The van der Waals surface area contributed by atoms with E-state index in [4.69, 9.17) is 10.7 Å². The third-order valence-corrected chi connectivity index (χ3v) is 3.20. The molecule has 18 heavy (non-hydrogen) atoms. The van der Waals surface area contributed by atoms with Crippen molar-refractivity contribution in [2.24, 2.45) is 12.8 Å². The van der Waals surface area contributed by atoms with Gasteiger partial charge in [0, 0.05) is 24.4 Å². The van der Waals surface area contributed by atoms with Crippen LogP contribution in [0.3, 0.4) is 0 Å². The molecule has 0 amide bonds. The highest BCUT2D eigenvalue weighted by Crippen LogP contribution is 2.24. The summed E-state index contributed by atoms with van der Waals surface area (Å²) in [6.07, 6.45) is 3.35. The lowest BCUT2D eigenvalue weighted by atomic mass is 9.96. The minimum absolute atomic E-state index is 0.0154. The Balaban J connectivity index is 2.68. The van der Waals surface area contributed by atoms with Crippen molar-refractivity contribution in [3.63, 3.8) is 0 Å². The zero-order chi connectivity index (χ0) is 13.9. The SMILES string of the molecule is CC(N)CCCC(C)c1nc(C(C)(C)C)nn1C. The van der Waals surface area contributed by atoms with Gasteiger partial charge in [-0.05, 0) is 19.8 Å². The number of hydrogen-bond donors (Lipinski definition) is 1. The second-order valence-corrected chi connectivity index (χ2v) is 6.48. The molecule has 0 aliphatic carbocycles. The van der Waals surface area contributed by atoms with Crippen molar-refractivity contribution in [2.75, 3.05) is 0 Å². The molecular formula is C14H28N4. The van der Waals surface area contributed by atoms with Crippen molar-refractivity contribution in [2.45, 2.75) is 71.3 Å². The van der Waals surface area contributed by atoms with Gasteiger partial charge >= 0.3 is 0 Å². The Hall–Kier alpha value is -0.900. The molecule has 0 aliphatic rings. The first-order valence-electron chi connectivity index (χ1n) is 6.88. The first kappa shape index (κ1) is 15.2. The van der Waals surface area contributed by atoms with Gasteiger partial charge in [-0.3, -0.25) is 4.68 Å². The van der Waals surface area contributed by atoms with E-state index in [2.05, 4.69) is 39.7 Å². The highest BCUT2D eigenvalue weighted by molar-refractivity contribution is 5.06. The van der Waals surface area contributed by atoms with Crippen LogP contribution in [0, 0.1) is 0 Å². The second kappa shape index (κ2) is 5.83. The van der Waals surface area contributed by atoms with Crippen LogP contribution in [0.25, 0.3) is 0 Å². The molecule has 1 heterocycles. The van der Waals surface area contributed by atoms with E-state index in [0.29, 0.717) is 12.0 Å². The van der Waals surface area contributed by atoms with Gasteiger partial charge in [-0.25, -0.2) is 4.98 Å². The fourth-order valence-electron chi connectivity index (χ4n) is 2.02. The average Bonchev–Trinajstić information content (AvgIpc) is 2.59. The zero-order valence-corrected chi connectivity index (χ0v) is 12.7. The van der Waals surface area contributed by atoms with Gasteiger partial charge in [-0.1, -0.05) is 34.1 Å². The van der Waals surface area contributed by atoms with Gasteiger partial charge in [-0.15, -0.1) is 0 Å². The summed E-state index contributed by atoms with van der Waals surface area (Å²) in [6, 6.07) is 0.293. The van der Waals surface area contributed by atoms with E-state index in [1.165, 1.54) is 0 Å². The summed E-state index contributed by atoms with van der Waals surface area (Å²) in [5, 5.41) is 4.53. The van der Waals surface area contributed by atoms with Crippen LogP contribution in [-0.2, 0) is 12.5 Å². The summed E-state index contributed by atoms with van der Waals surface area (Å²) in [4.78, 5) is 4.70. The number of nitrogens with two attached hydrogens (primary N) is 1. The van der Waals surface area contributed by atoms with E-state index in [1.807, 2.05) is 11.7 Å². The minimum Gasteiger partial charge on any atom is -0.328 e. The van der Waals surface area contributed by atoms with E-state index in [0.717, 1.165) is 30.9 Å². The molecule has 0 saturated heterocycles. The predicted octanol–water partition coefficient (Wildman–Crippen LogP) is 2.73. The molecule has 0 radical (unpaired) electrons. The zero-order valence-electron chi connectivity index (χ0n) is 12.7. The quantitative estimate of drug-likeness (QED) is 0.876. The summed E-state index contributed by atoms with van der Waals surface area (Å²) in [5.74, 6) is 2.46. The first-order valence-corrected chi connectivity index (χ1v) is 6.88. The lowest BCUT2D eigenvalue weighted by molar-refractivity contribution is 0.525. The molecule has 2 atom stereocenters. The molecule has 0 aromatic carbocycles. The van der Waals surface area contributed by atoms with Crippen molar-refractivity contribution in [3.05, 3.63) is 11.6 Å². The van der Waals surface area contributed by atoms with E-state index in [9.17, 15) is 0 Å². The minimum atomic E-state index is 0.0154. The van der Waals surface area contributed by atoms with Crippen LogP contribution < -0.4 is 5.73 Å². The van der Waals surface area contributed by atoms with Crippen molar-refractivity contribution in [1.82, 2.24) is 14.8 Å². The van der Waals surface area contributed by atoms with Gasteiger partial charge in [0.05, 0.1) is 0 Å². The number of aryl methyl sites for hydroxylation is 1. The average molecular weight is 252 g/mol. The summed E-state index contributed by atoms with van der Waals surface area (Å²) in [7, 11) is 1.99. The highest BCUT2D eigenvalue weighted by Gasteiger charge is 2.22. The van der Waals surface area contributed by atoms with Gasteiger partial charge in [0.15, 0.2) is 5.82 Å². The molecule has 4 nitrogen and oxygen atoms in total. The van der Waals surface area contributed by atoms with Gasteiger partial charge in [0.25, 0.3) is 0 Å². The maximum atomic E-state index is 5.78. The van der Waals surface area contributed by atoms with E-state index in [1.54, 1.807) is 0 Å². The lowest BCUT2D eigenvalue weighted by Crippen LogP contribution is -2.14. The van der Waals surface area contributed by atoms with E-state index in [-0.39, 0.29) is 5.41 Å². The fourth-order valence-corrected chi connectivity index (χ4v) is 2.02. The van der Waals surface area contributed by atoms with Crippen LogP contribution >= 0.6 is 0 Å². The van der Waals surface area contributed by atoms with Crippen LogP contribution in [0.15, 0.2) is 0 Å². The largest absolute Gasteiger partial charge is 0.328 e. The maximum Gasteiger partial charge on any atom is 0.156 e. The second-order valence-electron chi connectivity index (χ2n) is 6.48. The Morgan fingerprint density at radius 1 is 1.22 bits per heavy atom. The Morgan fingerprint density at radius 2 is 1.83 bits per heavy atom. The highest BCUT2D eigenvalue weighted by atomic mass is 15.3. The molecule has 0 saturated carbocycles. The third kappa shape index (κ3) is 4.09. The topological polar surface area (TPSA) is 56.7 Å². The number of nitrogens with zero attached hydrogens (tertiary/aromatic N) is 3. The van der Waals surface area contributed by atoms with Crippen LogP contribution in [0.2, 0.25) is 0 Å². The number of aromatic nitrogens is 3. The molecule has 1 aromatic rings. The molecule has 0 fully saturated rings. The summed E-state index contributed by atoms with van der Waals surface area (Å²) >= 11 is 0. The smallest absolute Gasteiger partial charge is 0.156 e. The number of rotatable bonds is 5. The van der Waals surface area contributed by atoms with Crippen LogP contribution in [0.4, 0.5) is 0 Å². The van der Waals surface area contributed by atoms with Crippen molar-refractivity contribution < 1.29 is 0 Å². The summed E-state index contributed by atoms with van der Waals surface area (Å²) in [5.41, 5.74) is 5.79. The van der Waals surface area contributed by atoms with Crippen LogP contribution in [0.5, 0.6) is 0 Å². The molecule has 1 rings (SSSR count). The molecule has 1 aromatic heterocycles. The molecule has 2 N–H and O–H groups in total. The maximum absolute atomic E-state index is 5.78. The van der Waals surface area contributed by atoms with Crippen molar-refractivity contribution in [1.29, 1.82) is 0 Å². The molecule has 2 unspecified atom stereocenters. The Labute approximate surface area is 111 Å². The van der Waals surface area contributed by atoms with Gasteiger partial charge in [0.2, 0.25) is 0 Å². The predicted molar refractivity (Wildman–Crippen MR) is 75.6 cm³/mol. The Morgan fingerprint density at radius 3 is 2.28 bits per heavy atom. The van der Waals surface area contributed by atoms with Gasteiger partial charge in [0.1, 0.15) is 5.82 Å². The number of hydrogen-bond acceptors (Lipinski definition) is 3. The normalized spacial score (nSPS) is 15.7. The van der Waals surface area contributed by atoms with Crippen LogP contribution in [0.1, 0.15) is 71.4 Å². The first-order chi connectivity index (χ1) is 8.21.